The Morgan fingerprint density at radius 1 is 1.27 bits per heavy atom. The summed E-state index contributed by atoms with van der Waals surface area (Å²) in [6.07, 6.45) is 3.15. The van der Waals surface area contributed by atoms with Gasteiger partial charge in [0.05, 0.1) is 6.61 Å². The first-order valence-corrected chi connectivity index (χ1v) is 9.02. The highest BCUT2D eigenvalue weighted by atomic mass is 16.5. The highest BCUT2D eigenvalue weighted by molar-refractivity contribution is 5.80. The molecule has 2 N–H and O–H groups in total. The normalized spacial score (nSPS) is 14.9. The van der Waals surface area contributed by atoms with Crippen LogP contribution in [0.3, 0.4) is 0 Å². The minimum Gasteiger partial charge on any atom is -0.493 e. The number of rotatable bonds is 7. The molecule has 0 saturated heterocycles. The molecule has 5 nitrogen and oxygen atoms in total. The molecule has 3 rings (SSSR count). The number of benzene rings is 1. The number of hydrogen-bond acceptors (Lipinski definition) is 5. The van der Waals surface area contributed by atoms with Gasteiger partial charge in [-0.3, -0.25) is 0 Å². The predicted molar refractivity (Wildman–Crippen MR) is 104 cm³/mol. The van der Waals surface area contributed by atoms with Gasteiger partial charge in [0.15, 0.2) is 0 Å². The molecule has 0 aliphatic heterocycles. The number of ether oxygens (including phenoxy) is 1. The maximum Gasteiger partial charge on any atom is 0.142 e. The molecular weight excluding hydrogens is 324 g/mol. The van der Waals surface area contributed by atoms with Crippen molar-refractivity contribution in [1.82, 2.24) is 9.88 Å². The minimum atomic E-state index is 0.0817. The van der Waals surface area contributed by atoms with Gasteiger partial charge in [0.2, 0.25) is 0 Å². The smallest absolute Gasteiger partial charge is 0.142 e. The molecule has 0 unspecified atom stereocenters. The van der Waals surface area contributed by atoms with Gasteiger partial charge in [0.25, 0.3) is 0 Å². The third-order valence-electron chi connectivity index (χ3n) is 4.96. The fraction of sp³-hybridized carbons (Fsp3) is 0.429. The van der Waals surface area contributed by atoms with Crippen LogP contribution in [-0.2, 0) is 5.41 Å². The van der Waals surface area contributed by atoms with Crippen molar-refractivity contribution in [3.05, 3.63) is 41.6 Å². The van der Waals surface area contributed by atoms with E-state index in [9.17, 15) is 5.26 Å². The maximum atomic E-state index is 9.62. The van der Waals surface area contributed by atoms with E-state index < -0.39 is 0 Å². The molecule has 0 bridgehead atoms. The SMILES string of the molecule is CN(C)CCCOc1ccccc1-c1cc(C2(C)CC2)nc(N)c1C#N. The molecule has 136 valence electrons. The van der Waals surface area contributed by atoms with Gasteiger partial charge >= 0.3 is 0 Å². The lowest BCUT2D eigenvalue weighted by Crippen LogP contribution is -2.15. The zero-order valence-corrected chi connectivity index (χ0v) is 15.7. The standard InChI is InChI=1S/C21H26N4O/c1-21(9-10-21)19-13-16(17(14-22)20(23)24-19)15-7-4-5-8-18(15)26-12-6-11-25(2)3/h4-5,7-8,13H,6,9-12H2,1-3H3,(H2,23,24). The van der Waals surface area contributed by atoms with Crippen LogP contribution >= 0.6 is 0 Å². The maximum absolute atomic E-state index is 9.62. The summed E-state index contributed by atoms with van der Waals surface area (Å²) in [6.45, 7) is 3.78. The van der Waals surface area contributed by atoms with E-state index in [1.165, 1.54) is 0 Å². The molecule has 1 heterocycles. The van der Waals surface area contributed by atoms with Crippen LogP contribution < -0.4 is 10.5 Å². The van der Waals surface area contributed by atoms with Gasteiger partial charge in [-0.25, -0.2) is 4.98 Å². The van der Waals surface area contributed by atoms with Crippen molar-refractivity contribution >= 4 is 5.82 Å². The first-order valence-electron chi connectivity index (χ1n) is 9.02. The summed E-state index contributed by atoms with van der Waals surface area (Å²) in [7, 11) is 4.10. The number of nitrogens with zero attached hydrogens (tertiary/aromatic N) is 3. The van der Waals surface area contributed by atoms with Crippen molar-refractivity contribution in [3.63, 3.8) is 0 Å². The number of para-hydroxylation sites is 1. The van der Waals surface area contributed by atoms with E-state index in [0.717, 1.165) is 48.4 Å². The molecule has 5 heteroatoms. The number of nitrogen functional groups attached to an aromatic ring is 1. The minimum absolute atomic E-state index is 0.0817. The van der Waals surface area contributed by atoms with Gasteiger partial charge in [-0.15, -0.1) is 0 Å². The van der Waals surface area contributed by atoms with Crippen molar-refractivity contribution in [1.29, 1.82) is 5.26 Å². The molecule has 1 fully saturated rings. The monoisotopic (exact) mass is 350 g/mol. The molecule has 0 amide bonds. The van der Waals surface area contributed by atoms with E-state index in [2.05, 4.69) is 22.9 Å². The molecule has 1 aromatic carbocycles. The van der Waals surface area contributed by atoms with Gasteiger partial charge in [0.1, 0.15) is 23.2 Å². The summed E-state index contributed by atoms with van der Waals surface area (Å²) in [4.78, 5) is 6.63. The Labute approximate surface area is 155 Å². The predicted octanol–water partition coefficient (Wildman–Crippen LogP) is 3.58. The van der Waals surface area contributed by atoms with E-state index in [1.54, 1.807) is 0 Å². The summed E-state index contributed by atoms with van der Waals surface area (Å²) in [5.41, 5.74) is 9.29. The molecule has 2 aromatic rings. The lowest BCUT2D eigenvalue weighted by Gasteiger charge is -2.17. The first kappa shape index (κ1) is 18.2. The summed E-state index contributed by atoms with van der Waals surface area (Å²) in [6, 6.07) is 12.1. The summed E-state index contributed by atoms with van der Waals surface area (Å²) in [5.74, 6) is 1.08. The highest BCUT2D eigenvalue weighted by Gasteiger charge is 2.41. The number of anilines is 1. The van der Waals surface area contributed by atoms with Crippen LogP contribution in [0.2, 0.25) is 0 Å². The fourth-order valence-corrected chi connectivity index (χ4v) is 3.03. The topological polar surface area (TPSA) is 75.2 Å². The Balaban J connectivity index is 1.96. The third-order valence-corrected chi connectivity index (χ3v) is 4.96. The summed E-state index contributed by atoms with van der Waals surface area (Å²) >= 11 is 0. The molecule has 1 aliphatic rings. The van der Waals surface area contributed by atoms with E-state index in [-0.39, 0.29) is 5.41 Å². The second kappa shape index (κ2) is 7.35. The molecule has 1 saturated carbocycles. The number of nitrogens with two attached hydrogens (primary N) is 1. The van der Waals surface area contributed by atoms with Gasteiger partial charge < -0.3 is 15.4 Å². The van der Waals surface area contributed by atoms with Crippen molar-refractivity contribution in [3.8, 4) is 22.9 Å². The van der Waals surface area contributed by atoms with Crippen LogP contribution in [0.1, 0.15) is 37.4 Å². The number of nitriles is 1. The van der Waals surface area contributed by atoms with Crippen LogP contribution in [-0.4, -0.2) is 37.1 Å². The van der Waals surface area contributed by atoms with Crippen LogP contribution in [0.15, 0.2) is 30.3 Å². The van der Waals surface area contributed by atoms with Crippen LogP contribution in [0.5, 0.6) is 5.75 Å². The van der Waals surface area contributed by atoms with Gasteiger partial charge in [-0.1, -0.05) is 25.1 Å². The molecule has 0 atom stereocenters. The molecule has 0 radical (unpaired) electrons. The fourth-order valence-electron chi connectivity index (χ4n) is 3.03. The molecule has 1 aliphatic carbocycles. The van der Waals surface area contributed by atoms with E-state index in [4.69, 9.17) is 10.5 Å². The third kappa shape index (κ3) is 3.81. The summed E-state index contributed by atoms with van der Waals surface area (Å²) < 4.78 is 6.03. The molecule has 1 aromatic heterocycles. The van der Waals surface area contributed by atoms with Crippen LogP contribution in [0, 0.1) is 11.3 Å². The van der Waals surface area contributed by atoms with Crippen molar-refractivity contribution in [2.24, 2.45) is 0 Å². The average Bonchev–Trinajstić information content (AvgIpc) is 3.37. The van der Waals surface area contributed by atoms with Gasteiger partial charge in [-0.2, -0.15) is 5.26 Å². The Kier molecular flexibility index (Phi) is 5.15. The zero-order chi connectivity index (χ0) is 18.7. The Morgan fingerprint density at radius 3 is 2.65 bits per heavy atom. The highest BCUT2D eigenvalue weighted by Crippen LogP contribution is 2.48. The number of aromatic nitrogens is 1. The molecule has 0 spiro atoms. The van der Waals surface area contributed by atoms with Crippen molar-refractivity contribution < 1.29 is 4.74 Å². The lowest BCUT2D eigenvalue weighted by molar-refractivity contribution is 0.282. The molecule has 26 heavy (non-hydrogen) atoms. The largest absolute Gasteiger partial charge is 0.493 e. The molecular formula is C21H26N4O. The van der Waals surface area contributed by atoms with Gasteiger partial charge in [-0.05, 0) is 45.5 Å². The lowest BCUT2D eigenvalue weighted by atomic mass is 9.95. The quantitative estimate of drug-likeness (QED) is 0.773. The van der Waals surface area contributed by atoms with Crippen LogP contribution in [0.25, 0.3) is 11.1 Å². The van der Waals surface area contributed by atoms with E-state index in [0.29, 0.717) is 18.0 Å². The summed E-state index contributed by atoms with van der Waals surface area (Å²) in [5, 5.41) is 9.62. The van der Waals surface area contributed by atoms with Crippen molar-refractivity contribution in [2.75, 3.05) is 33.0 Å². The number of pyridine rings is 1. The van der Waals surface area contributed by atoms with Crippen molar-refractivity contribution in [2.45, 2.75) is 31.6 Å². The second-order valence-corrected chi connectivity index (χ2v) is 7.49. The van der Waals surface area contributed by atoms with E-state index in [1.807, 2.05) is 44.4 Å². The van der Waals surface area contributed by atoms with E-state index >= 15 is 0 Å². The van der Waals surface area contributed by atoms with Gasteiger partial charge in [0, 0.05) is 28.8 Å². The Bertz CT molecular complexity index is 834. The average molecular weight is 350 g/mol. The Hall–Kier alpha value is -2.58. The second-order valence-electron chi connectivity index (χ2n) is 7.49. The number of hydrogen-bond donors (Lipinski definition) is 1. The Morgan fingerprint density at radius 2 is 2.00 bits per heavy atom. The zero-order valence-electron chi connectivity index (χ0n) is 15.7. The van der Waals surface area contributed by atoms with Crippen LogP contribution in [0.4, 0.5) is 5.82 Å². The first-order chi connectivity index (χ1) is 12.4.